The summed E-state index contributed by atoms with van der Waals surface area (Å²) in [6, 6.07) is 8.89. The van der Waals surface area contributed by atoms with Crippen LogP contribution in [0.25, 0.3) is 0 Å². The van der Waals surface area contributed by atoms with Crippen molar-refractivity contribution in [2.75, 3.05) is 7.11 Å². The Labute approximate surface area is 104 Å². The minimum Gasteiger partial charge on any atom is -0.466 e. The third-order valence-corrected chi connectivity index (χ3v) is 2.59. The van der Waals surface area contributed by atoms with E-state index in [1.807, 2.05) is 6.07 Å². The molecule has 0 aliphatic rings. The molecule has 2 atom stereocenters. The second kappa shape index (κ2) is 6.25. The van der Waals surface area contributed by atoms with Gasteiger partial charge in [0.2, 0.25) is 6.10 Å². The van der Waals surface area contributed by atoms with E-state index in [9.17, 15) is 9.59 Å². The van der Waals surface area contributed by atoms with Crippen LogP contribution >= 0.6 is 11.6 Å². The highest BCUT2D eigenvalue weighted by Gasteiger charge is 2.31. The topological polar surface area (TPSA) is 52.6 Å². The molecule has 0 amide bonds. The van der Waals surface area contributed by atoms with E-state index in [4.69, 9.17) is 16.3 Å². The molecule has 92 valence electrons. The van der Waals surface area contributed by atoms with Gasteiger partial charge in [0.25, 0.3) is 0 Å². The van der Waals surface area contributed by atoms with Gasteiger partial charge in [-0.1, -0.05) is 30.3 Å². The summed E-state index contributed by atoms with van der Waals surface area (Å²) in [6.07, 6.45) is -1.14. The number of ether oxygens (including phenoxy) is 2. The van der Waals surface area contributed by atoms with Crippen molar-refractivity contribution in [2.24, 2.45) is 0 Å². The first-order chi connectivity index (χ1) is 8.06. The summed E-state index contributed by atoms with van der Waals surface area (Å²) in [7, 11) is 1.22. The average molecular weight is 257 g/mol. The molecule has 0 bridgehead atoms. The quantitative estimate of drug-likeness (QED) is 0.611. The number of carbonyl (C=O) groups is 2. The Hall–Kier alpha value is -1.55. The molecule has 0 aliphatic heterocycles. The van der Waals surface area contributed by atoms with Crippen LogP contribution < -0.4 is 0 Å². The lowest BCUT2D eigenvalue weighted by Gasteiger charge is -2.19. The standard InChI is InChI=1S/C12H13ClO4/c1-8(14)17-11(12(15)16-2)10(13)9-6-4-3-5-7-9/h3-7,10-11H,1-2H3. The van der Waals surface area contributed by atoms with E-state index >= 15 is 0 Å². The Morgan fingerprint density at radius 1 is 1.24 bits per heavy atom. The lowest BCUT2D eigenvalue weighted by atomic mass is 10.1. The van der Waals surface area contributed by atoms with Crippen molar-refractivity contribution in [1.82, 2.24) is 0 Å². The summed E-state index contributed by atoms with van der Waals surface area (Å²) in [4.78, 5) is 22.4. The molecule has 0 saturated carbocycles. The SMILES string of the molecule is COC(=O)C(OC(C)=O)C(Cl)c1ccccc1. The molecule has 1 aromatic carbocycles. The molecule has 2 unspecified atom stereocenters. The molecular weight excluding hydrogens is 244 g/mol. The highest BCUT2D eigenvalue weighted by atomic mass is 35.5. The maximum Gasteiger partial charge on any atom is 0.349 e. The molecule has 0 heterocycles. The molecule has 0 N–H and O–H groups in total. The zero-order valence-corrected chi connectivity index (χ0v) is 10.3. The van der Waals surface area contributed by atoms with Gasteiger partial charge >= 0.3 is 11.9 Å². The van der Waals surface area contributed by atoms with Gasteiger partial charge in [0.1, 0.15) is 5.38 Å². The zero-order valence-electron chi connectivity index (χ0n) is 9.55. The number of rotatable bonds is 4. The number of esters is 2. The molecule has 0 aromatic heterocycles. The lowest BCUT2D eigenvalue weighted by Crippen LogP contribution is -2.31. The number of benzene rings is 1. The van der Waals surface area contributed by atoms with E-state index in [1.165, 1.54) is 14.0 Å². The molecule has 0 spiro atoms. The summed E-state index contributed by atoms with van der Waals surface area (Å²) in [6.45, 7) is 1.21. The summed E-state index contributed by atoms with van der Waals surface area (Å²) in [5.41, 5.74) is 0.686. The van der Waals surface area contributed by atoms with Crippen LogP contribution in [-0.2, 0) is 19.1 Å². The van der Waals surface area contributed by atoms with Gasteiger partial charge in [0.15, 0.2) is 0 Å². The first-order valence-corrected chi connectivity index (χ1v) is 5.44. The largest absolute Gasteiger partial charge is 0.466 e. The Kier molecular flexibility index (Phi) is 4.97. The Morgan fingerprint density at radius 2 is 1.82 bits per heavy atom. The minimum absolute atomic E-state index is 0.581. The predicted octanol–water partition coefficient (Wildman–Crippen LogP) is 2.07. The second-order valence-electron chi connectivity index (χ2n) is 3.37. The van der Waals surface area contributed by atoms with Gasteiger partial charge in [0.05, 0.1) is 7.11 Å². The highest BCUT2D eigenvalue weighted by Crippen LogP contribution is 2.27. The summed E-state index contributed by atoms with van der Waals surface area (Å²) in [5.74, 6) is -1.26. The van der Waals surface area contributed by atoms with Crippen molar-refractivity contribution in [3.63, 3.8) is 0 Å². The van der Waals surface area contributed by atoms with Crippen molar-refractivity contribution >= 4 is 23.5 Å². The number of carbonyl (C=O) groups excluding carboxylic acids is 2. The first-order valence-electron chi connectivity index (χ1n) is 5.00. The molecule has 1 rings (SSSR count). The Bertz CT molecular complexity index is 391. The van der Waals surface area contributed by atoms with Crippen LogP contribution in [0.5, 0.6) is 0 Å². The van der Waals surface area contributed by atoms with Gasteiger partial charge < -0.3 is 9.47 Å². The van der Waals surface area contributed by atoms with E-state index in [2.05, 4.69) is 4.74 Å². The van der Waals surface area contributed by atoms with E-state index in [1.54, 1.807) is 24.3 Å². The summed E-state index contributed by atoms with van der Waals surface area (Å²) >= 11 is 6.11. The molecule has 0 aliphatic carbocycles. The van der Waals surface area contributed by atoms with E-state index in [0.717, 1.165) is 0 Å². The number of methoxy groups -OCH3 is 1. The minimum atomic E-state index is -1.14. The van der Waals surface area contributed by atoms with Gasteiger partial charge in [-0.3, -0.25) is 4.79 Å². The van der Waals surface area contributed by atoms with Gasteiger partial charge in [-0.15, -0.1) is 11.6 Å². The fourth-order valence-electron chi connectivity index (χ4n) is 1.33. The Morgan fingerprint density at radius 3 is 2.29 bits per heavy atom. The summed E-state index contributed by atoms with van der Waals surface area (Å²) in [5, 5.41) is -0.771. The number of hydrogen-bond acceptors (Lipinski definition) is 4. The smallest absolute Gasteiger partial charge is 0.349 e. The van der Waals surface area contributed by atoms with E-state index < -0.39 is 23.4 Å². The van der Waals surface area contributed by atoms with E-state index in [-0.39, 0.29) is 0 Å². The second-order valence-corrected chi connectivity index (χ2v) is 3.84. The fraction of sp³-hybridized carbons (Fsp3) is 0.333. The first kappa shape index (κ1) is 13.5. The lowest BCUT2D eigenvalue weighted by molar-refractivity contribution is -0.164. The van der Waals surface area contributed by atoms with Crippen LogP contribution in [0.3, 0.4) is 0 Å². The third-order valence-electron chi connectivity index (χ3n) is 2.11. The monoisotopic (exact) mass is 256 g/mol. The normalized spacial score (nSPS) is 13.6. The van der Waals surface area contributed by atoms with Crippen molar-refractivity contribution in [3.05, 3.63) is 35.9 Å². The molecular formula is C12H13ClO4. The van der Waals surface area contributed by atoms with Gasteiger partial charge in [-0.25, -0.2) is 4.79 Å². The predicted molar refractivity (Wildman–Crippen MR) is 62.6 cm³/mol. The summed E-state index contributed by atoms with van der Waals surface area (Å²) < 4.78 is 9.43. The molecule has 17 heavy (non-hydrogen) atoms. The zero-order chi connectivity index (χ0) is 12.8. The van der Waals surface area contributed by atoms with Crippen LogP contribution in [-0.4, -0.2) is 25.2 Å². The van der Waals surface area contributed by atoms with Crippen LogP contribution in [0.1, 0.15) is 17.9 Å². The number of alkyl halides is 1. The van der Waals surface area contributed by atoms with Crippen molar-refractivity contribution < 1.29 is 19.1 Å². The number of hydrogen-bond donors (Lipinski definition) is 0. The van der Waals surface area contributed by atoms with Crippen molar-refractivity contribution in [1.29, 1.82) is 0 Å². The fourth-order valence-corrected chi connectivity index (χ4v) is 1.63. The maximum atomic E-state index is 11.5. The van der Waals surface area contributed by atoms with Crippen LogP contribution in [0.15, 0.2) is 30.3 Å². The van der Waals surface area contributed by atoms with Crippen LogP contribution in [0.2, 0.25) is 0 Å². The average Bonchev–Trinajstić information content (AvgIpc) is 2.35. The van der Waals surface area contributed by atoms with E-state index in [0.29, 0.717) is 5.56 Å². The molecule has 5 heteroatoms. The van der Waals surface area contributed by atoms with Crippen molar-refractivity contribution in [3.8, 4) is 0 Å². The van der Waals surface area contributed by atoms with Crippen LogP contribution in [0, 0.1) is 0 Å². The number of halogens is 1. The molecule has 0 fully saturated rings. The van der Waals surface area contributed by atoms with Gasteiger partial charge in [-0.05, 0) is 5.56 Å². The van der Waals surface area contributed by atoms with Crippen molar-refractivity contribution in [2.45, 2.75) is 18.4 Å². The molecule has 1 aromatic rings. The maximum absolute atomic E-state index is 11.5. The molecule has 4 nitrogen and oxygen atoms in total. The molecule has 0 radical (unpaired) electrons. The molecule has 0 saturated heterocycles. The van der Waals surface area contributed by atoms with Gasteiger partial charge in [-0.2, -0.15) is 0 Å². The van der Waals surface area contributed by atoms with Crippen LogP contribution in [0.4, 0.5) is 0 Å². The Balaban J connectivity index is 2.90. The van der Waals surface area contributed by atoms with Gasteiger partial charge in [0, 0.05) is 6.92 Å². The highest BCUT2D eigenvalue weighted by molar-refractivity contribution is 6.22. The third kappa shape index (κ3) is 3.75.